The summed E-state index contributed by atoms with van der Waals surface area (Å²) in [4.78, 5) is 57.2. The number of rotatable bonds is 8. The molecule has 0 saturated heterocycles. The molecule has 1 aromatic carbocycles. The molecule has 2 unspecified atom stereocenters. The van der Waals surface area contributed by atoms with Crippen molar-refractivity contribution in [3.63, 3.8) is 0 Å². The monoisotopic (exact) mass is 602 g/mol. The quantitative estimate of drug-likeness (QED) is 0.218. The zero-order valence-electron chi connectivity index (χ0n) is 19.8. The van der Waals surface area contributed by atoms with Crippen LogP contribution in [0, 0.1) is 6.92 Å². The molecule has 0 bridgehead atoms. The van der Waals surface area contributed by atoms with Gasteiger partial charge < -0.3 is 38.5 Å². The van der Waals surface area contributed by atoms with E-state index in [1.165, 1.54) is 19.2 Å². The van der Waals surface area contributed by atoms with E-state index in [9.17, 15) is 38.3 Å². The number of fused-ring (bicyclic) bond motifs is 1. The first-order valence-electron chi connectivity index (χ1n) is 8.42. The van der Waals surface area contributed by atoms with Gasteiger partial charge in [-0.25, -0.2) is 18.7 Å². The molecule has 0 aliphatic carbocycles. The van der Waals surface area contributed by atoms with E-state index in [1.54, 1.807) is 18.2 Å². The molecule has 0 amide bonds. The van der Waals surface area contributed by atoms with Crippen LogP contribution in [0.4, 0.5) is 0 Å². The van der Waals surface area contributed by atoms with Crippen molar-refractivity contribution in [3.8, 4) is 5.88 Å². The molecule has 1 aliphatic heterocycles. The minimum atomic E-state index is -6.05. The summed E-state index contributed by atoms with van der Waals surface area (Å²) in [6.07, 6.45) is -1.04. The van der Waals surface area contributed by atoms with Crippen molar-refractivity contribution in [1.82, 2.24) is 9.55 Å². The van der Waals surface area contributed by atoms with Crippen molar-refractivity contribution >= 4 is 23.5 Å². The molecule has 2 heterocycles. The SMILES string of the molecule is Cc1cn([C@@H]2O[C@H](COP(=O)([O-])OP(=O)(O)OP(=O)([O-])[O-])c3ccccc32)c(=O)nc1[O-].[Na+].[Na+].[Na+].[Na+]. The van der Waals surface area contributed by atoms with Crippen LogP contribution in [0.1, 0.15) is 29.0 Å². The van der Waals surface area contributed by atoms with Crippen LogP contribution in [-0.2, 0) is 31.6 Å². The van der Waals surface area contributed by atoms with E-state index in [4.69, 9.17) is 9.63 Å². The number of phosphoric acid groups is 3. The summed E-state index contributed by atoms with van der Waals surface area (Å²) in [5.41, 5.74) is 0.0215. The molecule has 1 N–H and O–H groups in total. The third-order valence-corrected chi connectivity index (χ3v) is 7.75. The smallest absolute Gasteiger partial charge is 0.858 e. The van der Waals surface area contributed by atoms with Crippen LogP contribution in [-0.4, -0.2) is 21.1 Å². The van der Waals surface area contributed by atoms with E-state index in [0.717, 1.165) is 4.57 Å². The summed E-state index contributed by atoms with van der Waals surface area (Å²) in [5.74, 6) is -0.724. The molecule has 0 radical (unpaired) electrons. The first-order chi connectivity index (χ1) is 14.7. The molecule has 22 heteroatoms. The van der Waals surface area contributed by atoms with E-state index in [2.05, 4.69) is 18.1 Å². The van der Waals surface area contributed by atoms with Gasteiger partial charge in [-0.05, 0) is 23.9 Å². The van der Waals surface area contributed by atoms with E-state index >= 15 is 0 Å². The molecule has 1 aromatic heterocycles. The molecule has 176 valence electrons. The van der Waals surface area contributed by atoms with Gasteiger partial charge in [-0.15, -0.1) is 0 Å². The Morgan fingerprint density at radius 3 is 2.17 bits per heavy atom. The largest absolute Gasteiger partial charge is 1.00 e. The van der Waals surface area contributed by atoms with E-state index in [0.29, 0.717) is 11.1 Å². The maximum Gasteiger partial charge on any atom is 1.00 e. The average Bonchev–Trinajstić information content (AvgIpc) is 2.99. The van der Waals surface area contributed by atoms with E-state index in [-0.39, 0.29) is 124 Å². The zero-order valence-corrected chi connectivity index (χ0v) is 30.5. The van der Waals surface area contributed by atoms with Crippen LogP contribution >= 0.6 is 23.5 Å². The summed E-state index contributed by atoms with van der Waals surface area (Å²) in [5, 5.41) is 11.6. The van der Waals surface area contributed by atoms with Crippen molar-refractivity contribution in [3.05, 3.63) is 57.6 Å². The Morgan fingerprint density at radius 2 is 1.61 bits per heavy atom. The first kappa shape index (κ1) is 40.4. The summed E-state index contributed by atoms with van der Waals surface area (Å²) in [7, 11) is -17.6. The topological polar surface area (TPSA) is 235 Å². The van der Waals surface area contributed by atoms with Crippen LogP contribution in [0.5, 0.6) is 5.88 Å². The van der Waals surface area contributed by atoms with Gasteiger partial charge in [0.25, 0.3) is 7.82 Å². The molecule has 15 nitrogen and oxygen atoms in total. The fourth-order valence-corrected chi connectivity index (χ4v) is 5.76. The number of hydrogen-bond donors (Lipinski definition) is 1. The number of hydrogen-bond acceptors (Lipinski definition) is 13. The van der Waals surface area contributed by atoms with Gasteiger partial charge in [-0.2, -0.15) is 0 Å². The molecule has 0 fully saturated rings. The molecule has 1 aliphatic rings. The number of aromatic nitrogens is 2. The minimum Gasteiger partial charge on any atom is -0.858 e. The normalized spacial score (nSPS) is 19.7. The summed E-state index contributed by atoms with van der Waals surface area (Å²) in [6, 6.07) is 6.28. The van der Waals surface area contributed by atoms with Gasteiger partial charge in [-0.3, -0.25) is 13.4 Å². The van der Waals surface area contributed by atoms with Gasteiger partial charge in [0.2, 0.25) is 0 Å². The first-order valence-corrected chi connectivity index (χ1v) is 12.8. The molecule has 0 saturated carbocycles. The second kappa shape index (κ2) is 16.1. The maximum absolute atomic E-state index is 12.2. The van der Waals surface area contributed by atoms with E-state index < -0.39 is 54.0 Å². The summed E-state index contributed by atoms with van der Waals surface area (Å²) in [6.45, 7) is 0.594. The second-order valence-corrected chi connectivity index (χ2v) is 10.6. The Balaban J connectivity index is 0. The third-order valence-electron chi connectivity index (χ3n) is 4.03. The predicted molar refractivity (Wildman–Crippen MR) is 94.2 cm³/mol. The van der Waals surface area contributed by atoms with Crippen molar-refractivity contribution in [2.75, 3.05) is 6.61 Å². The van der Waals surface area contributed by atoms with Gasteiger partial charge in [0, 0.05) is 11.8 Å². The number of aryl methyl sites for hydroxylation is 1. The Bertz CT molecular complexity index is 1240. The maximum atomic E-state index is 12.2. The Hall–Kier alpha value is 2.27. The van der Waals surface area contributed by atoms with Gasteiger partial charge in [0.05, 0.1) is 14.4 Å². The van der Waals surface area contributed by atoms with Crippen molar-refractivity contribution in [1.29, 1.82) is 0 Å². The van der Waals surface area contributed by atoms with Crippen LogP contribution in [0.15, 0.2) is 35.3 Å². The number of ether oxygens (including phenoxy) is 1. The predicted octanol–water partition coefficient (Wildman–Crippen LogP) is -13.3. The molecule has 3 rings (SSSR count). The Morgan fingerprint density at radius 1 is 1.06 bits per heavy atom. The molecule has 2 aromatic rings. The van der Waals surface area contributed by atoms with Crippen LogP contribution in [0.2, 0.25) is 0 Å². The Labute approximate surface area is 292 Å². The molecular weight excluding hydrogens is 589 g/mol. The van der Waals surface area contributed by atoms with Gasteiger partial charge in [-0.1, -0.05) is 24.3 Å². The van der Waals surface area contributed by atoms with Crippen molar-refractivity contribution < 1.29 is 174 Å². The van der Waals surface area contributed by atoms with Crippen molar-refractivity contribution in [2.24, 2.45) is 0 Å². The number of nitrogens with zero attached hydrogens (tertiary/aromatic N) is 2. The van der Waals surface area contributed by atoms with Crippen LogP contribution in [0.25, 0.3) is 0 Å². The Kier molecular flexibility index (Phi) is 18.0. The van der Waals surface area contributed by atoms with Gasteiger partial charge in [0.1, 0.15) is 6.10 Å². The van der Waals surface area contributed by atoms with E-state index in [1.807, 2.05) is 0 Å². The minimum absolute atomic E-state index is 0. The number of benzene rings is 1. The molecule has 0 spiro atoms. The van der Waals surface area contributed by atoms with Gasteiger partial charge in [0.15, 0.2) is 6.23 Å². The fourth-order valence-electron chi connectivity index (χ4n) is 2.85. The second-order valence-electron chi connectivity index (χ2n) is 6.35. The third kappa shape index (κ3) is 11.3. The molecular formula is C14H13N2Na4O13P3. The zero-order chi connectivity index (χ0) is 23.9. The van der Waals surface area contributed by atoms with Crippen LogP contribution in [0.3, 0.4) is 0 Å². The summed E-state index contributed by atoms with van der Waals surface area (Å²) < 4.78 is 51.6. The van der Waals surface area contributed by atoms with Gasteiger partial charge >= 0.3 is 132 Å². The standard InChI is InChI=1S/C14H17N2O13P3.4Na/c1-8-6-16(14(18)15-12(8)17)13-10-5-3-2-4-9(10)11(27-13)7-26-31(22,23)29-32(24,25)28-30(19,20)21;;;;/h2-6,11,13H,7H2,1H3,(H,22,23)(H,24,25)(H,15,17,18)(H2,19,20,21);;;;/q;4*+1/p-4/t11-,13-;;;;/m1..../s1. The molecule has 36 heavy (non-hydrogen) atoms. The molecule has 4 atom stereocenters. The summed E-state index contributed by atoms with van der Waals surface area (Å²) >= 11 is 0. The number of phosphoric ester groups is 1. The van der Waals surface area contributed by atoms with Crippen LogP contribution < -0.4 is 144 Å². The van der Waals surface area contributed by atoms with Crippen molar-refractivity contribution in [2.45, 2.75) is 19.3 Å². The fraction of sp³-hybridized carbons (Fsp3) is 0.286. The average molecular weight is 602 g/mol.